The molecule has 3 aromatic rings. The minimum Gasteiger partial charge on any atom is -0.497 e. The van der Waals surface area contributed by atoms with Crippen molar-refractivity contribution in [2.45, 2.75) is 0 Å². The number of nitro benzene ring substituents is 1. The molecule has 160 valence electrons. The van der Waals surface area contributed by atoms with E-state index >= 15 is 0 Å². The predicted molar refractivity (Wildman–Crippen MR) is 113 cm³/mol. The van der Waals surface area contributed by atoms with E-state index in [0.29, 0.717) is 11.4 Å². The van der Waals surface area contributed by atoms with Gasteiger partial charge in [0.1, 0.15) is 28.9 Å². The average molecular weight is 433 g/mol. The van der Waals surface area contributed by atoms with E-state index in [4.69, 9.17) is 14.3 Å². The molecular weight excluding hydrogens is 418 g/mol. The van der Waals surface area contributed by atoms with Crippen LogP contribution in [-0.4, -0.2) is 29.0 Å². The molecule has 10 heteroatoms. The number of nitro groups is 1. The van der Waals surface area contributed by atoms with E-state index in [1.54, 1.807) is 12.1 Å². The fourth-order valence-corrected chi connectivity index (χ4v) is 2.76. The van der Waals surface area contributed by atoms with E-state index in [9.17, 15) is 25.0 Å². The second-order valence-electron chi connectivity index (χ2n) is 6.35. The van der Waals surface area contributed by atoms with Gasteiger partial charge in [-0.1, -0.05) is 0 Å². The molecule has 1 heterocycles. The van der Waals surface area contributed by atoms with Crippen molar-refractivity contribution in [1.29, 1.82) is 5.26 Å². The highest BCUT2D eigenvalue weighted by Crippen LogP contribution is 2.34. The van der Waals surface area contributed by atoms with Crippen LogP contribution < -0.4 is 10.1 Å². The van der Waals surface area contributed by atoms with Gasteiger partial charge in [0.2, 0.25) is 0 Å². The SMILES string of the molecule is COc1ccc(-c2ccc(C=C(C#N)C(=O)Nc3ccc(C(=O)O)cc3)o2)c([N+](=O)[O-])c1. The van der Waals surface area contributed by atoms with Gasteiger partial charge in [-0.25, -0.2) is 4.79 Å². The van der Waals surface area contributed by atoms with Crippen molar-refractivity contribution in [2.24, 2.45) is 0 Å². The van der Waals surface area contributed by atoms with Crippen molar-refractivity contribution >= 4 is 29.3 Å². The molecule has 0 aliphatic rings. The Morgan fingerprint density at radius 3 is 2.50 bits per heavy atom. The highest BCUT2D eigenvalue weighted by Gasteiger charge is 2.20. The molecule has 1 amide bonds. The Labute approximate surface area is 181 Å². The summed E-state index contributed by atoms with van der Waals surface area (Å²) in [6, 6.07) is 14.4. The van der Waals surface area contributed by atoms with Crippen LogP contribution in [0, 0.1) is 21.4 Å². The Morgan fingerprint density at radius 2 is 1.91 bits per heavy atom. The molecule has 1 aromatic heterocycles. The lowest BCUT2D eigenvalue weighted by molar-refractivity contribution is -0.384. The first-order valence-corrected chi connectivity index (χ1v) is 9.01. The van der Waals surface area contributed by atoms with Crippen LogP contribution >= 0.6 is 0 Å². The number of carboxylic acid groups (broad SMARTS) is 1. The van der Waals surface area contributed by atoms with Crippen LogP contribution in [0.3, 0.4) is 0 Å². The Kier molecular flexibility index (Phi) is 6.31. The number of nitrogens with zero attached hydrogens (tertiary/aromatic N) is 2. The summed E-state index contributed by atoms with van der Waals surface area (Å²) in [6.07, 6.45) is 1.19. The van der Waals surface area contributed by atoms with E-state index in [2.05, 4.69) is 5.32 Å². The van der Waals surface area contributed by atoms with Crippen molar-refractivity contribution in [3.05, 3.63) is 81.6 Å². The number of aromatic carboxylic acids is 1. The summed E-state index contributed by atoms with van der Waals surface area (Å²) < 4.78 is 10.6. The van der Waals surface area contributed by atoms with Crippen molar-refractivity contribution in [1.82, 2.24) is 0 Å². The van der Waals surface area contributed by atoms with Crippen LogP contribution in [0.5, 0.6) is 5.75 Å². The average Bonchev–Trinajstić information content (AvgIpc) is 3.25. The number of furan rings is 1. The number of carbonyl (C=O) groups is 2. The van der Waals surface area contributed by atoms with Gasteiger partial charge >= 0.3 is 5.97 Å². The summed E-state index contributed by atoms with van der Waals surface area (Å²) in [4.78, 5) is 34.1. The zero-order valence-electron chi connectivity index (χ0n) is 16.6. The molecule has 0 aliphatic heterocycles. The lowest BCUT2D eigenvalue weighted by atomic mass is 10.1. The standard InChI is InChI=1S/C22H15N3O7/c1-31-16-6-8-18(19(11-16)25(29)30)20-9-7-17(32-20)10-14(12-23)21(26)24-15-4-2-13(3-5-15)22(27)28/h2-11H,1H3,(H,24,26)(H,27,28). The Hall–Kier alpha value is -4.91. The maximum absolute atomic E-state index is 12.4. The molecule has 3 rings (SSSR count). The third kappa shape index (κ3) is 4.80. The third-order valence-electron chi connectivity index (χ3n) is 4.34. The van der Waals surface area contributed by atoms with E-state index in [0.717, 1.165) is 0 Å². The van der Waals surface area contributed by atoms with Gasteiger partial charge in [0.25, 0.3) is 11.6 Å². The van der Waals surface area contributed by atoms with Crippen LogP contribution in [0.2, 0.25) is 0 Å². The van der Waals surface area contributed by atoms with Gasteiger partial charge in [-0.05, 0) is 48.5 Å². The second kappa shape index (κ2) is 9.27. The van der Waals surface area contributed by atoms with Gasteiger partial charge in [-0.3, -0.25) is 14.9 Å². The smallest absolute Gasteiger partial charge is 0.335 e. The Morgan fingerprint density at radius 1 is 1.19 bits per heavy atom. The zero-order chi connectivity index (χ0) is 23.3. The summed E-state index contributed by atoms with van der Waals surface area (Å²) in [6.45, 7) is 0. The number of amides is 1. The minimum atomic E-state index is -1.11. The fourth-order valence-electron chi connectivity index (χ4n) is 2.76. The molecule has 0 saturated carbocycles. The number of carboxylic acids is 1. The zero-order valence-corrected chi connectivity index (χ0v) is 16.6. The van der Waals surface area contributed by atoms with E-state index < -0.39 is 16.8 Å². The largest absolute Gasteiger partial charge is 0.497 e. The van der Waals surface area contributed by atoms with Crippen molar-refractivity contribution in [3.8, 4) is 23.1 Å². The van der Waals surface area contributed by atoms with Crippen molar-refractivity contribution < 1.29 is 28.8 Å². The maximum atomic E-state index is 12.4. The number of nitriles is 1. The number of anilines is 1. The van der Waals surface area contributed by atoms with E-state index in [-0.39, 0.29) is 33.9 Å². The number of ether oxygens (including phenoxy) is 1. The number of hydrogen-bond acceptors (Lipinski definition) is 7. The maximum Gasteiger partial charge on any atom is 0.335 e. The predicted octanol–water partition coefficient (Wildman–Crippen LogP) is 4.11. The van der Waals surface area contributed by atoms with Crippen LogP contribution in [0.1, 0.15) is 16.1 Å². The van der Waals surface area contributed by atoms with E-state index in [1.165, 1.54) is 61.7 Å². The third-order valence-corrected chi connectivity index (χ3v) is 4.34. The number of benzene rings is 2. The molecule has 0 saturated heterocycles. The normalized spacial score (nSPS) is 10.8. The number of methoxy groups -OCH3 is 1. The van der Waals surface area contributed by atoms with Crippen molar-refractivity contribution in [3.63, 3.8) is 0 Å². The topological polar surface area (TPSA) is 156 Å². The van der Waals surface area contributed by atoms with Gasteiger partial charge in [0.05, 0.1) is 29.2 Å². The van der Waals surface area contributed by atoms with Gasteiger partial charge < -0.3 is 19.6 Å². The quantitative estimate of drug-likeness (QED) is 0.244. The van der Waals surface area contributed by atoms with Gasteiger partial charge in [-0.15, -0.1) is 0 Å². The molecule has 0 atom stereocenters. The Balaban J connectivity index is 1.84. The summed E-state index contributed by atoms with van der Waals surface area (Å²) in [7, 11) is 1.39. The number of hydrogen-bond donors (Lipinski definition) is 2. The summed E-state index contributed by atoms with van der Waals surface area (Å²) >= 11 is 0. The van der Waals surface area contributed by atoms with Gasteiger partial charge in [0.15, 0.2) is 0 Å². The van der Waals surface area contributed by atoms with Crippen LogP contribution in [-0.2, 0) is 4.79 Å². The van der Waals surface area contributed by atoms with Crippen LogP contribution in [0.15, 0.2) is 64.6 Å². The van der Waals surface area contributed by atoms with Crippen molar-refractivity contribution in [2.75, 3.05) is 12.4 Å². The molecule has 0 radical (unpaired) electrons. The van der Waals surface area contributed by atoms with Gasteiger partial charge in [0, 0.05) is 11.8 Å². The lowest BCUT2D eigenvalue weighted by Crippen LogP contribution is -2.13. The lowest BCUT2D eigenvalue weighted by Gasteiger charge is -2.04. The molecule has 2 aromatic carbocycles. The molecule has 0 fully saturated rings. The first kappa shape index (κ1) is 21.8. The van der Waals surface area contributed by atoms with E-state index in [1.807, 2.05) is 0 Å². The van der Waals surface area contributed by atoms with Gasteiger partial charge in [-0.2, -0.15) is 5.26 Å². The highest BCUT2D eigenvalue weighted by molar-refractivity contribution is 6.09. The summed E-state index contributed by atoms with van der Waals surface area (Å²) in [5.74, 6) is -1.22. The molecule has 0 unspecified atom stereocenters. The molecule has 32 heavy (non-hydrogen) atoms. The summed E-state index contributed by atoms with van der Waals surface area (Å²) in [5.41, 5.74) is 0.0524. The molecule has 0 spiro atoms. The number of rotatable bonds is 7. The monoisotopic (exact) mass is 433 g/mol. The first-order chi connectivity index (χ1) is 15.3. The summed E-state index contributed by atoms with van der Waals surface area (Å²) in [5, 5.41) is 32.1. The molecule has 0 aliphatic carbocycles. The minimum absolute atomic E-state index is 0.0507. The molecule has 0 bridgehead atoms. The molecule has 2 N–H and O–H groups in total. The highest BCUT2D eigenvalue weighted by atomic mass is 16.6. The first-order valence-electron chi connectivity index (χ1n) is 9.01. The molecule has 10 nitrogen and oxygen atoms in total. The fraction of sp³-hybridized carbons (Fsp3) is 0.0455. The van der Waals surface area contributed by atoms with Crippen LogP contribution in [0.4, 0.5) is 11.4 Å². The molecular formula is C22H15N3O7. The number of carbonyl (C=O) groups excluding carboxylic acids is 1. The number of nitrogens with one attached hydrogen (secondary N) is 1. The second-order valence-corrected chi connectivity index (χ2v) is 6.35. The Bertz CT molecular complexity index is 1270. The van der Waals surface area contributed by atoms with Crippen LogP contribution in [0.25, 0.3) is 17.4 Å².